The number of hydrogen-bond donors (Lipinski definition) is 2. The highest BCUT2D eigenvalue weighted by molar-refractivity contribution is 8.04. The largest absolute Gasteiger partial charge is 0.381 e. The van der Waals surface area contributed by atoms with Crippen molar-refractivity contribution in [2.45, 2.75) is 69.5 Å². The molecule has 1 aromatic rings. The van der Waals surface area contributed by atoms with Crippen molar-refractivity contribution in [3.05, 3.63) is 11.1 Å². The third-order valence-corrected chi connectivity index (χ3v) is 11.0. The third-order valence-electron chi connectivity index (χ3n) is 6.45. The molecule has 5 nitrogen and oxygen atoms in total. The molecular formula is C20H34N2O3S2. The van der Waals surface area contributed by atoms with Crippen LogP contribution in [0.15, 0.2) is 5.38 Å². The Labute approximate surface area is 168 Å². The van der Waals surface area contributed by atoms with Crippen molar-refractivity contribution in [1.29, 1.82) is 0 Å². The van der Waals surface area contributed by atoms with Crippen molar-refractivity contribution in [3.63, 3.8) is 0 Å². The molecule has 1 aliphatic carbocycles. The number of nitrogens with one attached hydrogen (secondary N) is 1. The first-order chi connectivity index (χ1) is 12.8. The number of aromatic nitrogens is 1. The van der Waals surface area contributed by atoms with Gasteiger partial charge in [-0.3, -0.25) is 9.00 Å². The van der Waals surface area contributed by atoms with E-state index in [-0.39, 0.29) is 5.91 Å². The molecule has 1 aromatic heterocycles. The quantitative estimate of drug-likeness (QED) is 0.691. The number of anilines is 1. The number of carbonyl (C=O) groups is 1. The number of thiazole rings is 1. The van der Waals surface area contributed by atoms with Gasteiger partial charge in [-0.2, -0.15) is 0 Å². The fourth-order valence-electron chi connectivity index (χ4n) is 4.04. The SMILES string of the molecule is CC(C)(C(=O)Nc1nc(C2CCCCC2)cs1)[SH](C)(=O)CC1CCOCC1. The average molecular weight is 415 g/mol. The molecule has 2 heterocycles. The maximum Gasteiger partial charge on any atom is 0.242 e. The Morgan fingerprint density at radius 2 is 1.93 bits per heavy atom. The van der Waals surface area contributed by atoms with Crippen LogP contribution in [0.1, 0.15) is 70.4 Å². The van der Waals surface area contributed by atoms with E-state index in [2.05, 4.69) is 15.7 Å². The second-order valence-corrected chi connectivity index (χ2v) is 13.3. The minimum Gasteiger partial charge on any atom is -0.381 e. The van der Waals surface area contributed by atoms with E-state index >= 15 is 0 Å². The molecule has 1 aliphatic heterocycles. The van der Waals surface area contributed by atoms with Crippen LogP contribution in [0.3, 0.4) is 0 Å². The number of carbonyl (C=O) groups excluding carboxylic acids is 1. The number of ether oxygens (including phenoxy) is 1. The summed E-state index contributed by atoms with van der Waals surface area (Å²) in [4.78, 5) is 17.6. The van der Waals surface area contributed by atoms with Gasteiger partial charge in [0.05, 0.1) is 10.4 Å². The first kappa shape index (κ1) is 20.9. The highest BCUT2D eigenvalue weighted by Crippen LogP contribution is 2.35. The summed E-state index contributed by atoms with van der Waals surface area (Å²) >= 11 is 1.48. The highest BCUT2D eigenvalue weighted by Gasteiger charge is 2.40. The minimum atomic E-state index is -2.67. The van der Waals surface area contributed by atoms with Gasteiger partial charge in [-0.05, 0) is 51.7 Å². The zero-order valence-electron chi connectivity index (χ0n) is 16.8. The Hall–Kier alpha value is -0.790. The number of hydrogen-bond acceptors (Lipinski definition) is 5. The van der Waals surface area contributed by atoms with Crippen molar-refractivity contribution < 1.29 is 13.7 Å². The molecule has 0 spiro atoms. The van der Waals surface area contributed by atoms with E-state index in [0.717, 1.165) is 31.7 Å². The van der Waals surface area contributed by atoms with E-state index in [1.165, 1.54) is 43.4 Å². The zero-order valence-corrected chi connectivity index (χ0v) is 18.5. The van der Waals surface area contributed by atoms with Crippen LogP contribution >= 0.6 is 11.3 Å². The number of rotatable bonds is 6. The lowest BCUT2D eigenvalue weighted by Gasteiger charge is -2.38. The monoisotopic (exact) mass is 414 g/mol. The molecule has 0 radical (unpaired) electrons. The molecule has 1 saturated heterocycles. The van der Waals surface area contributed by atoms with E-state index in [0.29, 0.717) is 22.7 Å². The van der Waals surface area contributed by atoms with Crippen LogP contribution in [0.5, 0.6) is 0 Å². The predicted octanol–water partition coefficient (Wildman–Crippen LogP) is 3.98. The number of thiol groups is 1. The van der Waals surface area contributed by atoms with E-state index in [4.69, 9.17) is 4.74 Å². The normalized spacial score (nSPS) is 21.1. The first-order valence-electron chi connectivity index (χ1n) is 10.2. The van der Waals surface area contributed by atoms with Crippen LogP contribution in [-0.2, 0) is 19.5 Å². The standard InChI is InChI=1S/C20H34N2O3S2/c1-20(2,27(3,24)14-15-9-11-25-12-10-15)18(23)22-19-21-17(13-26-19)16-7-5-4-6-8-16/h13,15-16,27H,4-12,14H2,1-3H3,(H,21,22,23). The predicted molar refractivity (Wildman–Crippen MR) is 115 cm³/mol. The smallest absolute Gasteiger partial charge is 0.242 e. The summed E-state index contributed by atoms with van der Waals surface area (Å²) in [6, 6.07) is 0. The van der Waals surface area contributed by atoms with Crippen molar-refractivity contribution in [3.8, 4) is 0 Å². The molecule has 27 heavy (non-hydrogen) atoms. The second kappa shape index (κ2) is 8.70. The fraction of sp³-hybridized carbons (Fsp3) is 0.800. The molecule has 1 amide bonds. The summed E-state index contributed by atoms with van der Waals surface area (Å²) in [6.45, 7) is 5.11. The lowest BCUT2D eigenvalue weighted by Crippen LogP contribution is -2.50. The molecule has 1 N–H and O–H groups in total. The van der Waals surface area contributed by atoms with Crippen LogP contribution in [0.25, 0.3) is 0 Å². The molecule has 2 aliphatic rings. The summed E-state index contributed by atoms with van der Waals surface area (Å²) < 4.78 is 18.0. The van der Waals surface area contributed by atoms with Crippen molar-refractivity contribution in [2.24, 2.45) is 5.92 Å². The van der Waals surface area contributed by atoms with Crippen LogP contribution in [0, 0.1) is 5.92 Å². The average Bonchev–Trinajstić information content (AvgIpc) is 3.11. The third kappa shape index (κ3) is 4.98. The Balaban J connectivity index is 1.63. The first-order valence-corrected chi connectivity index (χ1v) is 13.4. The molecule has 0 unspecified atom stereocenters. The molecule has 0 aromatic carbocycles. The summed E-state index contributed by atoms with van der Waals surface area (Å²) in [5, 5.41) is 5.67. The van der Waals surface area contributed by atoms with Gasteiger partial charge in [-0.1, -0.05) is 29.2 Å². The molecule has 2 fully saturated rings. The Kier molecular flexibility index (Phi) is 6.75. The van der Waals surface area contributed by atoms with Gasteiger partial charge in [0, 0.05) is 30.3 Å². The molecule has 3 rings (SSSR count). The summed E-state index contributed by atoms with van der Waals surface area (Å²) in [5.74, 6) is 1.35. The van der Waals surface area contributed by atoms with Gasteiger partial charge in [-0.15, -0.1) is 11.3 Å². The molecular weight excluding hydrogens is 380 g/mol. The number of nitrogens with zero attached hydrogens (tertiary/aromatic N) is 1. The molecule has 154 valence electrons. The van der Waals surface area contributed by atoms with E-state index in [1.54, 1.807) is 6.26 Å². The summed E-state index contributed by atoms with van der Waals surface area (Å²) in [7, 11) is -2.67. The summed E-state index contributed by atoms with van der Waals surface area (Å²) in [6.07, 6.45) is 9.90. The van der Waals surface area contributed by atoms with Crippen molar-refractivity contribution >= 4 is 32.3 Å². The van der Waals surface area contributed by atoms with E-state index < -0.39 is 14.7 Å². The van der Waals surface area contributed by atoms with Gasteiger partial charge in [0.2, 0.25) is 5.91 Å². The van der Waals surface area contributed by atoms with Crippen molar-refractivity contribution in [1.82, 2.24) is 4.98 Å². The van der Waals surface area contributed by atoms with E-state index in [1.807, 2.05) is 13.8 Å². The highest BCUT2D eigenvalue weighted by atomic mass is 32.2. The second-order valence-electron chi connectivity index (χ2n) is 8.76. The molecule has 0 bridgehead atoms. The van der Waals surface area contributed by atoms with Gasteiger partial charge >= 0.3 is 0 Å². The van der Waals surface area contributed by atoms with Gasteiger partial charge in [-0.25, -0.2) is 4.98 Å². The Morgan fingerprint density at radius 3 is 2.59 bits per heavy atom. The van der Waals surface area contributed by atoms with Crippen LogP contribution in [0.2, 0.25) is 0 Å². The lowest BCUT2D eigenvalue weighted by atomic mass is 9.87. The Morgan fingerprint density at radius 1 is 1.26 bits per heavy atom. The van der Waals surface area contributed by atoms with Crippen molar-refractivity contribution in [2.75, 3.05) is 30.5 Å². The maximum absolute atomic E-state index is 13.5. The molecule has 0 atom stereocenters. The summed E-state index contributed by atoms with van der Waals surface area (Å²) in [5.41, 5.74) is 1.11. The van der Waals surface area contributed by atoms with E-state index in [9.17, 15) is 9.00 Å². The fourth-order valence-corrected chi connectivity index (χ4v) is 7.12. The lowest BCUT2D eigenvalue weighted by molar-refractivity contribution is -0.117. The Bertz CT molecular complexity index is 689. The van der Waals surface area contributed by atoms with Crippen LogP contribution in [0.4, 0.5) is 5.13 Å². The number of amides is 1. The van der Waals surface area contributed by atoms with Crippen LogP contribution in [-0.4, -0.2) is 45.1 Å². The topological polar surface area (TPSA) is 68.3 Å². The van der Waals surface area contributed by atoms with Crippen LogP contribution < -0.4 is 5.32 Å². The minimum absolute atomic E-state index is 0.176. The maximum atomic E-state index is 13.5. The van der Waals surface area contributed by atoms with Gasteiger partial charge in [0.1, 0.15) is 0 Å². The molecule has 7 heteroatoms. The molecule has 1 saturated carbocycles. The zero-order chi connectivity index (χ0) is 19.5. The van der Waals surface area contributed by atoms with Gasteiger partial charge in [0.25, 0.3) is 0 Å². The van der Waals surface area contributed by atoms with Gasteiger partial charge < -0.3 is 10.1 Å². The van der Waals surface area contributed by atoms with Gasteiger partial charge in [0.15, 0.2) is 5.13 Å².